The highest BCUT2D eigenvalue weighted by molar-refractivity contribution is 6.53. The first-order valence-electron chi connectivity index (χ1n) is 9.70. The lowest BCUT2D eigenvalue weighted by Crippen LogP contribution is -2.40. The number of aliphatic hydroxyl groups is 1. The number of likely N-dealkylation sites (tertiary alicyclic amines) is 1. The molecule has 1 aliphatic heterocycles. The van der Waals surface area contributed by atoms with Gasteiger partial charge in [0.1, 0.15) is 5.75 Å². The number of halogens is 4. The first-order valence-corrected chi connectivity index (χ1v) is 10.1. The molecule has 11 heteroatoms. The van der Waals surface area contributed by atoms with Crippen molar-refractivity contribution < 1.29 is 27.8 Å². The van der Waals surface area contributed by atoms with Crippen LogP contribution in [0, 0.1) is 0 Å². The summed E-state index contributed by atoms with van der Waals surface area (Å²) in [5, 5.41) is 12.4. The van der Waals surface area contributed by atoms with E-state index in [4.69, 9.17) is 16.7 Å². The molecule has 1 radical (unpaired) electrons. The van der Waals surface area contributed by atoms with Crippen molar-refractivity contribution in [2.45, 2.75) is 38.6 Å². The molecule has 1 fully saturated rings. The third-order valence-electron chi connectivity index (χ3n) is 5.08. The number of nitrogens with one attached hydrogen (secondary N) is 1. The Morgan fingerprint density at radius 2 is 2.06 bits per heavy atom. The summed E-state index contributed by atoms with van der Waals surface area (Å²) in [6.45, 7) is 2.42. The van der Waals surface area contributed by atoms with Gasteiger partial charge in [-0.2, -0.15) is 0 Å². The van der Waals surface area contributed by atoms with E-state index in [1.165, 1.54) is 25.5 Å². The molecule has 1 aromatic carbocycles. The molecule has 2 amide bonds. The minimum absolute atomic E-state index is 0.101. The monoisotopic (exact) mass is 454 g/mol. The molecule has 0 unspecified atom stereocenters. The van der Waals surface area contributed by atoms with Crippen molar-refractivity contribution in [2.24, 2.45) is 0 Å². The maximum absolute atomic E-state index is 12.6. The quantitative estimate of drug-likeness (QED) is 0.672. The maximum atomic E-state index is 12.6. The van der Waals surface area contributed by atoms with Gasteiger partial charge in [-0.05, 0) is 48.1 Å². The van der Waals surface area contributed by atoms with E-state index in [2.05, 4.69) is 15.0 Å². The van der Waals surface area contributed by atoms with Crippen molar-refractivity contribution in [3.8, 4) is 5.75 Å². The molecule has 6 nitrogen and oxygen atoms in total. The number of hydrogen-bond donors (Lipinski definition) is 2. The van der Waals surface area contributed by atoms with E-state index in [1.807, 2.05) is 0 Å². The van der Waals surface area contributed by atoms with Crippen LogP contribution in [0.25, 0.3) is 0 Å². The Morgan fingerprint density at radius 1 is 1.35 bits per heavy atom. The number of amides is 2. The van der Waals surface area contributed by atoms with Crippen molar-refractivity contribution in [3.05, 3.63) is 46.7 Å². The standard InChI is InChI=1S/C20H21BClF3N3O3/c1-21-15-9-14(2-3-17(15)31-20(23,24)25)27-19(30)28-6-4-13(5-7-28)18-16(22)8-12(11-29)10-26-18/h2-3,8-10,13,29H,4-7,11H2,1H3,(H,27,30). The summed E-state index contributed by atoms with van der Waals surface area (Å²) in [4.78, 5) is 18.6. The number of urea groups is 1. The number of piperidine rings is 1. The van der Waals surface area contributed by atoms with Gasteiger partial charge in [-0.25, -0.2) is 4.79 Å². The van der Waals surface area contributed by atoms with Gasteiger partial charge >= 0.3 is 12.4 Å². The molecule has 2 aromatic rings. The van der Waals surface area contributed by atoms with Gasteiger partial charge in [-0.15, -0.1) is 13.2 Å². The van der Waals surface area contributed by atoms with Crippen LogP contribution in [0.15, 0.2) is 30.5 Å². The molecule has 0 atom stereocenters. The second-order valence-electron chi connectivity index (χ2n) is 7.15. The first-order chi connectivity index (χ1) is 14.7. The molecule has 2 heterocycles. The molecule has 1 saturated heterocycles. The zero-order chi connectivity index (χ0) is 22.6. The number of anilines is 1. The topological polar surface area (TPSA) is 74.7 Å². The molecule has 2 N–H and O–H groups in total. The largest absolute Gasteiger partial charge is 0.573 e. The van der Waals surface area contributed by atoms with Gasteiger partial charge in [0.05, 0.1) is 17.3 Å². The fourth-order valence-electron chi connectivity index (χ4n) is 3.50. The van der Waals surface area contributed by atoms with Gasteiger partial charge in [-0.1, -0.05) is 18.4 Å². The summed E-state index contributed by atoms with van der Waals surface area (Å²) < 4.78 is 41.5. The summed E-state index contributed by atoms with van der Waals surface area (Å²) in [6, 6.07) is 5.33. The molecule has 31 heavy (non-hydrogen) atoms. The van der Waals surface area contributed by atoms with Crippen molar-refractivity contribution >= 4 is 36.1 Å². The fraction of sp³-hybridized carbons (Fsp3) is 0.400. The van der Waals surface area contributed by atoms with Gasteiger partial charge in [0, 0.05) is 30.9 Å². The van der Waals surface area contributed by atoms with Crippen LogP contribution in [-0.4, -0.2) is 47.8 Å². The summed E-state index contributed by atoms with van der Waals surface area (Å²) in [6.07, 6.45) is -1.85. The highest BCUT2D eigenvalue weighted by atomic mass is 35.5. The van der Waals surface area contributed by atoms with Crippen molar-refractivity contribution in [1.29, 1.82) is 0 Å². The van der Waals surface area contributed by atoms with Crippen molar-refractivity contribution in [2.75, 3.05) is 18.4 Å². The number of hydrogen-bond acceptors (Lipinski definition) is 4. The van der Waals surface area contributed by atoms with Crippen LogP contribution in [0.3, 0.4) is 0 Å². The molecular weight excluding hydrogens is 433 g/mol. The number of carbonyl (C=O) groups excluding carboxylic acids is 1. The normalized spacial score (nSPS) is 15.0. The van der Waals surface area contributed by atoms with E-state index in [9.17, 15) is 18.0 Å². The van der Waals surface area contributed by atoms with E-state index < -0.39 is 6.36 Å². The van der Waals surface area contributed by atoms with Gasteiger partial charge < -0.3 is 20.1 Å². The summed E-state index contributed by atoms with van der Waals surface area (Å²) in [5.74, 6) is -0.227. The molecular formula is C20H21BClF3N3O3. The van der Waals surface area contributed by atoms with E-state index >= 15 is 0 Å². The number of rotatable bonds is 5. The van der Waals surface area contributed by atoms with E-state index in [0.29, 0.717) is 42.2 Å². The molecule has 1 aromatic heterocycles. The van der Waals surface area contributed by atoms with Crippen LogP contribution in [0.4, 0.5) is 23.7 Å². The highest BCUT2D eigenvalue weighted by Gasteiger charge is 2.32. The SMILES string of the molecule is C[B]c1cc(NC(=O)N2CCC(c3ncc(CO)cc3Cl)CC2)ccc1OC(F)(F)F. The second-order valence-corrected chi connectivity index (χ2v) is 7.56. The Labute approximate surface area is 183 Å². The third kappa shape index (κ3) is 6.04. The molecule has 0 bridgehead atoms. The Hall–Kier alpha value is -2.46. The average molecular weight is 455 g/mol. The smallest absolute Gasteiger partial charge is 0.406 e. The third-order valence-corrected chi connectivity index (χ3v) is 5.38. The Morgan fingerprint density at radius 3 is 2.65 bits per heavy atom. The van der Waals surface area contributed by atoms with Crippen LogP contribution >= 0.6 is 11.6 Å². The molecule has 0 aliphatic carbocycles. The van der Waals surface area contributed by atoms with Crippen molar-refractivity contribution in [1.82, 2.24) is 9.88 Å². The van der Waals surface area contributed by atoms with Gasteiger partial charge in [0.15, 0.2) is 7.28 Å². The Balaban J connectivity index is 1.60. The Kier molecular flexibility index (Phi) is 7.32. The van der Waals surface area contributed by atoms with E-state index in [0.717, 1.165) is 5.69 Å². The van der Waals surface area contributed by atoms with Crippen LogP contribution in [0.2, 0.25) is 11.8 Å². The minimum Gasteiger partial charge on any atom is -0.406 e. The summed E-state index contributed by atoms with van der Waals surface area (Å²) in [5.41, 5.74) is 1.99. The predicted molar refractivity (Wildman–Crippen MR) is 112 cm³/mol. The number of ether oxygens (including phenoxy) is 1. The van der Waals surface area contributed by atoms with Crippen LogP contribution < -0.4 is 15.5 Å². The van der Waals surface area contributed by atoms with Crippen LogP contribution in [0.1, 0.15) is 30.0 Å². The molecule has 165 valence electrons. The molecule has 0 saturated carbocycles. The van der Waals surface area contributed by atoms with Gasteiger partial charge in [0.2, 0.25) is 0 Å². The zero-order valence-corrected chi connectivity index (χ0v) is 17.5. The lowest BCUT2D eigenvalue weighted by atomic mass is 9.72. The van der Waals surface area contributed by atoms with E-state index in [1.54, 1.807) is 24.0 Å². The Bertz CT molecular complexity index is 938. The summed E-state index contributed by atoms with van der Waals surface area (Å²) in [7, 11) is 1.47. The predicted octanol–water partition coefficient (Wildman–Crippen LogP) is 3.92. The number of aromatic nitrogens is 1. The zero-order valence-electron chi connectivity index (χ0n) is 16.7. The average Bonchev–Trinajstić information content (AvgIpc) is 2.73. The van der Waals surface area contributed by atoms with Gasteiger partial charge in [0.25, 0.3) is 0 Å². The minimum atomic E-state index is -4.79. The number of carbonyl (C=O) groups is 1. The fourth-order valence-corrected chi connectivity index (χ4v) is 3.85. The highest BCUT2D eigenvalue weighted by Crippen LogP contribution is 2.32. The number of nitrogens with zero attached hydrogens (tertiary/aromatic N) is 2. The molecule has 0 spiro atoms. The molecule has 1 aliphatic rings. The van der Waals surface area contributed by atoms with E-state index in [-0.39, 0.29) is 29.8 Å². The number of pyridine rings is 1. The summed E-state index contributed by atoms with van der Waals surface area (Å²) >= 11 is 6.28. The van der Waals surface area contributed by atoms with Crippen LogP contribution in [-0.2, 0) is 6.61 Å². The number of aliphatic hydroxyl groups excluding tert-OH is 1. The molecule has 3 rings (SSSR count). The maximum Gasteiger partial charge on any atom is 0.573 e. The van der Waals surface area contributed by atoms with Gasteiger partial charge in [-0.3, -0.25) is 4.98 Å². The lowest BCUT2D eigenvalue weighted by molar-refractivity contribution is -0.274. The lowest BCUT2D eigenvalue weighted by Gasteiger charge is -2.32. The number of alkyl halides is 3. The van der Waals surface area contributed by atoms with Crippen LogP contribution in [0.5, 0.6) is 5.75 Å². The first kappa shape index (κ1) is 23.2. The number of benzene rings is 1. The second kappa shape index (κ2) is 9.78. The van der Waals surface area contributed by atoms with Crippen molar-refractivity contribution in [3.63, 3.8) is 0 Å².